The van der Waals surface area contributed by atoms with Crippen molar-refractivity contribution < 1.29 is 13.2 Å². The van der Waals surface area contributed by atoms with Crippen LogP contribution in [-0.4, -0.2) is 51.5 Å². The minimum absolute atomic E-state index is 0.0287. The van der Waals surface area contributed by atoms with Crippen LogP contribution in [0.2, 0.25) is 0 Å². The van der Waals surface area contributed by atoms with Crippen molar-refractivity contribution in [3.63, 3.8) is 0 Å². The number of benzene rings is 1. The fraction of sp³-hybridized carbons (Fsp3) is 0.391. The molecule has 1 aliphatic heterocycles. The topological polar surface area (TPSA) is 110 Å². The van der Waals surface area contributed by atoms with Gasteiger partial charge in [-0.2, -0.15) is 9.78 Å². The first-order valence-corrected chi connectivity index (χ1v) is 12.5. The van der Waals surface area contributed by atoms with Gasteiger partial charge in [0, 0.05) is 36.5 Å². The summed E-state index contributed by atoms with van der Waals surface area (Å²) in [4.78, 5) is 21.8. The Labute approximate surface area is 193 Å². The van der Waals surface area contributed by atoms with E-state index in [1.807, 2.05) is 57.2 Å². The van der Waals surface area contributed by atoms with Crippen LogP contribution in [0.3, 0.4) is 0 Å². The van der Waals surface area contributed by atoms with Gasteiger partial charge in [-0.1, -0.05) is 30.3 Å². The Hall–Kier alpha value is -3.11. The van der Waals surface area contributed by atoms with Gasteiger partial charge in [0.1, 0.15) is 5.82 Å². The van der Waals surface area contributed by atoms with Gasteiger partial charge in [-0.15, -0.1) is 0 Å². The number of aryl methyl sites for hydroxylation is 3. The highest BCUT2D eigenvalue weighted by Gasteiger charge is 2.31. The molecule has 1 N–H and O–H groups in total. The van der Waals surface area contributed by atoms with Crippen LogP contribution < -0.4 is 5.32 Å². The molecule has 33 heavy (non-hydrogen) atoms. The van der Waals surface area contributed by atoms with Crippen molar-refractivity contribution in [3.05, 3.63) is 65.1 Å². The first-order chi connectivity index (χ1) is 15.7. The lowest BCUT2D eigenvalue weighted by atomic mass is 9.97. The van der Waals surface area contributed by atoms with Gasteiger partial charge >= 0.3 is 0 Å². The molecule has 2 aromatic heterocycles. The average molecular weight is 469 g/mol. The molecule has 0 atom stereocenters. The normalized spacial score (nSPS) is 15.5. The van der Waals surface area contributed by atoms with E-state index in [1.165, 1.54) is 8.99 Å². The molecule has 174 valence electrons. The quantitative estimate of drug-likeness (QED) is 0.596. The summed E-state index contributed by atoms with van der Waals surface area (Å²) in [6, 6.07) is 12.8. The minimum Gasteiger partial charge on any atom is -0.310 e. The Morgan fingerprint density at radius 3 is 2.27 bits per heavy atom. The molecule has 1 saturated heterocycles. The fourth-order valence-corrected chi connectivity index (χ4v) is 5.61. The lowest BCUT2D eigenvalue weighted by molar-refractivity contribution is -0.120. The number of carbonyl (C=O) groups excluding carboxylic acids is 1. The van der Waals surface area contributed by atoms with Crippen LogP contribution in [0.5, 0.6) is 0 Å². The van der Waals surface area contributed by atoms with E-state index in [9.17, 15) is 13.2 Å². The van der Waals surface area contributed by atoms with Crippen LogP contribution in [0.1, 0.15) is 35.5 Å². The molecule has 1 fully saturated rings. The van der Waals surface area contributed by atoms with E-state index < -0.39 is 10.0 Å². The molecule has 1 aromatic carbocycles. The molecule has 0 bridgehead atoms. The minimum atomic E-state index is -3.42. The van der Waals surface area contributed by atoms with Gasteiger partial charge < -0.3 is 5.32 Å². The number of piperidine rings is 1. The van der Waals surface area contributed by atoms with E-state index in [2.05, 4.69) is 20.4 Å². The van der Waals surface area contributed by atoms with Crippen molar-refractivity contribution in [3.8, 4) is 5.95 Å². The first kappa shape index (κ1) is 23.1. The van der Waals surface area contributed by atoms with Gasteiger partial charge in [-0.3, -0.25) is 4.79 Å². The molecular formula is C23H28N6O3S. The Kier molecular flexibility index (Phi) is 6.57. The molecule has 3 aromatic rings. The third-order valence-corrected chi connectivity index (χ3v) is 7.50. The molecule has 0 saturated carbocycles. The molecule has 0 radical (unpaired) electrons. The highest BCUT2D eigenvalue weighted by Crippen LogP contribution is 2.24. The Bertz CT molecular complexity index is 1230. The second kappa shape index (κ2) is 9.40. The maximum absolute atomic E-state index is 13.0. The van der Waals surface area contributed by atoms with Crippen molar-refractivity contribution in [1.29, 1.82) is 0 Å². The number of hydrogen-bond donors (Lipinski definition) is 1. The predicted octanol–water partition coefficient (Wildman–Crippen LogP) is 2.77. The van der Waals surface area contributed by atoms with E-state index in [4.69, 9.17) is 0 Å². The van der Waals surface area contributed by atoms with E-state index in [0.717, 1.165) is 22.6 Å². The highest BCUT2D eigenvalue weighted by molar-refractivity contribution is 7.88. The maximum Gasteiger partial charge on any atom is 0.252 e. The van der Waals surface area contributed by atoms with Crippen LogP contribution in [0.25, 0.3) is 5.95 Å². The number of nitrogens with one attached hydrogen (secondary N) is 1. The number of aromatic nitrogens is 4. The third-order valence-electron chi connectivity index (χ3n) is 5.65. The lowest BCUT2D eigenvalue weighted by Crippen LogP contribution is -2.42. The van der Waals surface area contributed by atoms with Gasteiger partial charge in [0.25, 0.3) is 5.95 Å². The summed E-state index contributed by atoms with van der Waals surface area (Å²) >= 11 is 0. The van der Waals surface area contributed by atoms with Gasteiger partial charge in [0.15, 0.2) is 0 Å². The Morgan fingerprint density at radius 1 is 1.00 bits per heavy atom. The molecule has 3 heterocycles. The third kappa shape index (κ3) is 5.45. The summed E-state index contributed by atoms with van der Waals surface area (Å²) in [5.41, 5.74) is 3.11. The van der Waals surface area contributed by atoms with Crippen molar-refractivity contribution in [2.24, 2.45) is 5.92 Å². The summed E-state index contributed by atoms with van der Waals surface area (Å²) in [5, 5.41) is 7.38. The lowest BCUT2D eigenvalue weighted by Gasteiger charge is -2.30. The van der Waals surface area contributed by atoms with Crippen molar-refractivity contribution >= 4 is 21.7 Å². The molecular weight excluding hydrogens is 440 g/mol. The van der Waals surface area contributed by atoms with Crippen LogP contribution in [-0.2, 0) is 20.6 Å². The summed E-state index contributed by atoms with van der Waals surface area (Å²) < 4.78 is 28.6. The average Bonchev–Trinajstić information content (AvgIpc) is 3.13. The van der Waals surface area contributed by atoms with Crippen LogP contribution in [0, 0.1) is 26.7 Å². The zero-order chi connectivity index (χ0) is 23.6. The molecule has 1 aliphatic rings. The number of hydrogen-bond acceptors (Lipinski definition) is 6. The van der Waals surface area contributed by atoms with Crippen LogP contribution >= 0.6 is 0 Å². The van der Waals surface area contributed by atoms with Crippen LogP contribution in [0.15, 0.2) is 42.5 Å². The molecule has 10 heteroatoms. The number of nitrogens with zero attached hydrogens (tertiary/aromatic N) is 5. The first-order valence-electron chi connectivity index (χ1n) is 10.9. The SMILES string of the molecule is Cc1cc(C)nc(-n2nc(C)cc2NC(=O)C2CCN(S(=O)(=O)Cc3ccccc3)CC2)n1. The summed E-state index contributed by atoms with van der Waals surface area (Å²) in [7, 11) is -3.42. The zero-order valence-corrected chi connectivity index (χ0v) is 19.8. The summed E-state index contributed by atoms with van der Waals surface area (Å²) in [6.07, 6.45) is 0.931. The van der Waals surface area contributed by atoms with Gasteiger partial charge in [0.05, 0.1) is 11.4 Å². The summed E-state index contributed by atoms with van der Waals surface area (Å²) in [6.45, 7) is 6.25. The van der Waals surface area contributed by atoms with E-state index >= 15 is 0 Å². The highest BCUT2D eigenvalue weighted by atomic mass is 32.2. The zero-order valence-electron chi connectivity index (χ0n) is 19.0. The Balaban J connectivity index is 1.41. The van der Waals surface area contributed by atoms with E-state index in [-0.39, 0.29) is 17.6 Å². The van der Waals surface area contributed by atoms with E-state index in [1.54, 1.807) is 6.07 Å². The molecule has 1 amide bonds. The van der Waals surface area contributed by atoms with Crippen LogP contribution in [0.4, 0.5) is 5.82 Å². The van der Waals surface area contributed by atoms with Gasteiger partial charge in [-0.05, 0) is 45.2 Å². The van der Waals surface area contributed by atoms with Gasteiger partial charge in [-0.25, -0.2) is 22.7 Å². The van der Waals surface area contributed by atoms with Crippen molar-refractivity contribution in [1.82, 2.24) is 24.1 Å². The Morgan fingerprint density at radius 2 is 1.64 bits per heavy atom. The number of carbonyl (C=O) groups is 1. The summed E-state index contributed by atoms with van der Waals surface area (Å²) in [5.74, 6) is 0.441. The molecule has 9 nitrogen and oxygen atoms in total. The fourth-order valence-electron chi connectivity index (χ4n) is 4.04. The predicted molar refractivity (Wildman–Crippen MR) is 125 cm³/mol. The second-order valence-electron chi connectivity index (χ2n) is 8.44. The standard InChI is InChI=1S/C23H28N6O3S/c1-16-13-17(2)25-23(24-16)29-21(14-18(3)27-29)26-22(30)20-9-11-28(12-10-20)33(31,32)15-19-7-5-4-6-8-19/h4-8,13-14,20H,9-12,15H2,1-3H3,(H,26,30). The number of anilines is 1. The maximum atomic E-state index is 13.0. The van der Waals surface area contributed by atoms with Crippen molar-refractivity contribution in [2.45, 2.75) is 39.4 Å². The second-order valence-corrected chi connectivity index (χ2v) is 10.4. The van der Waals surface area contributed by atoms with Crippen molar-refractivity contribution in [2.75, 3.05) is 18.4 Å². The number of sulfonamides is 1. The van der Waals surface area contributed by atoms with E-state index in [0.29, 0.717) is 37.7 Å². The smallest absolute Gasteiger partial charge is 0.252 e. The van der Waals surface area contributed by atoms with Gasteiger partial charge in [0.2, 0.25) is 15.9 Å². The number of rotatable bonds is 6. The monoisotopic (exact) mass is 468 g/mol. The number of amides is 1. The molecule has 4 rings (SSSR count). The molecule has 0 aliphatic carbocycles. The largest absolute Gasteiger partial charge is 0.310 e. The molecule has 0 spiro atoms. The molecule has 0 unspecified atom stereocenters.